The van der Waals surface area contributed by atoms with Crippen molar-refractivity contribution in [3.8, 4) is 11.8 Å². The number of carbonyl (C=O) groups is 1. The lowest BCUT2D eigenvalue weighted by Gasteiger charge is -2.10. The highest BCUT2D eigenvalue weighted by Gasteiger charge is 2.13. The first-order valence-electron chi connectivity index (χ1n) is 5.03. The van der Waals surface area contributed by atoms with Crippen molar-refractivity contribution in [1.82, 2.24) is 0 Å². The van der Waals surface area contributed by atoms with Crippen LogP contribution in [-0.2, 0) is 22.5 Å². The van der Waals surface area contributed by atoms with Gasteiger partial charge in [-0.05, 0) is 23.3 Å². The fourth-order valence-electron chi connectivity index (χ4n) is 1.53. The van der Waals surface area contributed by atoms with Gasteiger partial charge in [0.05, 0.1) is 32.3 Å². The van der Waals surface area contributed by atoms with Crippen molar-refractivity contribution in [3.05, 3.63) is 28.8 Å². The molecule has 0 aromatic heterocycles. The summed E-state index contributed by atoms with van der Waals surface area (Å²) in [5.74, 6) is 0.168. The predicted molar refractivity (Wildman–Crippen MR) is 61.3 cm³/mol. The largest absolute Gasteiger partial charge is 0.497 e. The van der Waals surface area contributed by atoms with Crippen LogP contribution in [0.5, 0.6) is 5.75 Å². The Kier molecular flexibility index (Phi) is 4.49. The van der Waals surface area contributed by atoms with Crippen molar-refractivity contribution in [2.45, 2.75) is 13.0 Å². The van der Waals surface area contributed by atoms with Gasteiger partial charge < -0.3 is 15.2 Å². The van der Waals surface area contributed by atoms with Crippen LogP contribution in [0.4, 0.5) is 0 Å². The molecule has 5 nitrogen and oxygen atoms in total. The van der Waals surface area contributed by atoms with E-state index in [-0.39, 0.29) is 13.0 Å². The first kappa shape index (κ1) is 13.0. The maximum Gasteiger partial charge on any atom is 0.310 e. The highest BCUT2D eigenvalue weighted by molar-refractivity contribution is 5.74. The summed E-state index contributed by atoms with van der Waals surface area (Å²) in [5.41, 5.74) is 7.20. The van der Waals surface area contributed by atoms with Crippen LogP contribution in [0.1, 0.15) is 16.7 Å². The van der Waals surface area contributed by atoms with Crippen molar-refractivity contribution < 1.29 is 14.3 Å². The Hall–Kier alpha value is -2.06. The fraction of sp³-hybridized carbons (Fsp3) is 0.333. The Morgan fingerprint density at radius 2 is 2.06 bits per heavy atom. The van der Waals surface area contributed by atoms with Crippen LogP contribution in [0.25, 0.3) is 0 Å². The zero-order valence-electron chi connectivity index (χ0n) is 9.82. The lowest BCUT2D eigenvalue weighted by atomic mass is 9.99. The van der Waals surface area contributed by atoms with Gasteiger partial charge in [-0.15, -0.1) is 0 Å². The van der Waals surface area contributed by atoms with Crippen LogP contribution in [-0.4, -0.2) is 20.2 Å². The van der Waals surface area contributed by atoms with Crippen LogP contribution in [0, 0.1) is 11.3 Å². The molecule has 0 spiro atoms. The molecular formula is C12H14N2O3. The van der Waals surface area contributed by atoms with E-state index in [1.165, 1.54) is 14.2 Å². The summed E-state index contributed by atoms with van der Waals surface area (Å²) in [4.78, 5) is 11.2. The summed E-state index contributed by atoms with van der Waals surface area (Å²) in [6.45, 7) is 0.217. The molecule has 5 heteroatoms. The van der Waals surface area contributed by atoms with Gasteiger partial charge in [0.15, 0.2) is 0 Å². The first-order chi connectivity index (χ1) is 8.15. The van der Waals surface area contributed by atoms with Gasteiger partial charge in [0.2, 0.25) is 0 Å². The van der Waals surface area contributed by atoms with Gasteiger partial charge in [-0.3, -0.25) is 4.79 Å². The zero-order chi connectivity index (χ0) is 12.8. The number of methoxy groups -OCH3 is 2. The Labute approximate surface area is 99.7 Å². The molecule has 2 N–H and O–H groups in total. The molecule has 0 radical (unpaired) electrons. The normalized spacial score (nSPS) is 9.53. The van der Waals surface area contributed by atoms with Gasteiger partial charge in [0, 0.05) is 6.54 Å². The summed E-state index contributed by atoms with van der Waals surface area (Å²) in [5, 5.41) is 9.08. The summed E-state index contributed by atoms with van der Waals surface area (Å²) < 4.78 is 9.68. The molecule has 0 fully saturated rings. The third kappa shape index (κ3) is 2.95. The number of nitrogens with two attached hydrogens (primary N) is 1. The van der Waals surface area contributed by atoms with Gasteiger partial charge in [-0.25, -0.2) is 0 Å². The van der Waals surface area contributed by atoms with Gasteiger partial charge >= 0.3 is 5.97 Å². The van der Waals surface area contributed by atoms with E-state index in [2.05, 4.69) is 10.8 Å². The lowest BCUT2D eigenvalue weighted by Crippen LogP contribution is -2.09. The molecule has 90 valence electrons. The number of hydrogen-bond donors (Lipinski definition) is 1. The monoisotopic (exact) mass is 234 g/mol. The molecule has 0 saturated heterocycles. The lowest BCUT2D eigenvalue weighted by molar-refractivity contribution is -0.139. The molecule has 1 rings (SSSR count). The molecule has 0 aliphatic heterocycles. The second kappa shape index (κ2) is 5.87. The van der Waals surface area contributed by atoms with Crippen molar-refractivity contribution in [2.75, 3.05) is 14.2 Å². The zero-order valence-corrected chi connectivity index (χ0v) is 9.82. The van der Waals surface area contributed by atoms with E-state index in [0.29, 0.717) is 22.4 Å². The molecule has 0 bridgehead atoms. The third-order valence-electron chi connectivity index (χ3n) is 2.41. The molecule has 0 aliphatic rings. The van der Waals surface area contributed by atoms with Crippen molar-refractivity contribution >= 4 is 5.97 Å². The number of nitriles is 1. The van der Waals surface area contributed by atoms with Crippen molar-refractivity contribution in [3.63, 3.8) is 0 Å². The minimum absolute atomic E-state index is 0.0313. The third-order valence-corrected chi connectivity index (χ3v) is 2.41. The van der Waals surface area contributed by atoms with E-state index in [0.717, 1.165) is 0 Å². The molecule has 17 heavy (non-hydrogen) atoms. The molecule has 0 unspecified atom stereocenters. The minimum atomic E-state index is -0.405. The highest BCUT2D eigenvalue weighted by atomic mass is 16.5. The van der Waals surface area contributed by atoms with Crippen LogP contribution in [0.3, 0.4) is 0 Å². The van der Waals surface area contributed by atoms with Crippen LogP contribution >= 0.6 is 0 Å². The van der Waals surface area contributed by atoms with Crippen molar-refractivity contribution in [2.24, 2.45) is 5.73 Å². The molecule has 0 aliphatic carbocycles. The number of rotatable bonds is 4. The molecular weight excluding hydrogens is 220 g/mol. The number of carbonyl (C=O) groups excluding carboxylic acids is 1. The molecule has 0 amide bonds. The minimum Gasteiger partial charge on any atom is -0.497 e. The number of nitrogens with zero attached hydrogens (tertiary/aromatic N) is 1. The highest BCUT2D eigenvalue weighted by Crippen LogP contribution is 2.22. The van der Waals surface area contributed by atoms with Gasteiger partial charge in [0.25, 0.3) is 0 Å². The number of benzene rings is 1. The summed E-state index contributed by atoms with van der Waals surface area (Å²) >= 11 is 0. The second-order valence-electron chi connectivity index (χ2n) is 3.39. The van der Waals surface area contributed by atoms with Crippen molar-refractivity contribution in [1.29, 1.82) is 5.26 Å². The smallest absolute Gasteiger partial charge is 0.310 e. The van der Waals surface area contributed by atoms with Gasteiger partial charge in [-0.1, -0.05) is 0 Å². The quantitative estimate of drug-likeness (QED) is 0.776. The molecule has 1 aromatic carbocycles. The number of hydrogen-bond acceptors (Lipinski definition) is 5. The van der Waals surface area contributed by atoms with E-state index in [1.54, 1.807) is 12.1 Å². The second-order valence-corrected chi connectivity index (χ2v) is 3.39. The van der Waals surface area contributed by atoms with Crippen LogP contribution in [0.15, 0.2) is 12.1 Å². The maximum absolute atomic E-state index is 11.2. The molecule has 1 aromatic rings. The molecule has 0 atom stereocenters. The predicted octanol–water partition coefficient (Wildman–Crippen LogP) is 0.741. The van der Waals surface area contributed by atoms with Crippen LogP contribution in [0.2, 0.25) is 0 Å². The Morgan fingerprint density at radius 3 is 2.53 bits per heavy atom. The topological polar surface area (TPSA) is 85.3 Å². The Morgan fingerprint density at radius 1 is 1.41 bits per heavy atom. The van der Waals surface area contributed by atoms with Gasteiger partial charge in [0.1, 0.15) is 5.75 Å². The summed E-state index contributed by atoms with van der Waals surface area (Å²) in [6, 6.07) is 5.39. The van der Waals surface area contributed by atoms with E-state index in [4.69, 9.17) is 15.7 Å². The molecule has 0 saturated carbocycles. The summed E-state index contributed by atoms with van der Waals surface area (Å²) in [7, 11) is 2.82. The Balaban J connectivity index is 3.25. The maximum atomic E-state index is 11.2. The first-order valence-corrected chi connectivity index (χ1v) is 5.03. The molecule has 0 heterocycles. The Bertz CT molecular complexity index is 464. The average molecular weight is 234 g/mol. The van der Waals surface area contributed by atoms with Gasteiger partial charge in [-0.2, -0.15) is 5.26 Å². The standard InChI is InChI=1S/C12H14N2O3/c1-16-10-3-8(5-12(15)17-2)11(7-14)9(4-10)6-13/h3-4H,5-6,13H2,1-2H3. The van der Waals surface area contributed by atoms with E-state index in [9.17, 15) is 4.79 Å². The number of esters is 1. The van der Waals surface area contributed by atoms with E-state index >= 15 is 0 Å². The van der Waals surface area contributed by atoms with E-state index < -0.39 is 5.97 Å². The average Bonchev–Trinajstić information content (AvgIpc) is 2.37. The fourth-order valence-corrected chi connectivity index (χ4v) is 1.53. The number of ether oxygens (including phenoxy) is 2. The van der Waals surface area contributed by atoms with Crippen LogP contribution < -0.4 is 10.5 Å². The summed E-state index contributed by atoms with van der Waals surface area (Å²) in [6.07, 6.45) is 0.0313. The van der Waals surface area contributed by atoms with E-state index in [1.807, 2.05) is 0 Å². The SMILES string of the molecule is COC(=O)Cc1cc(OC)cc(CN)c1C#N.